The van der Waals surface area contributed by atoms with Gasteiger partial charge in [0.2, 0.25) is 5.91 Å². The van der Waals surface area contributed by atoms with Crippen LogP contribution in [0.1, 0.15) is 0 Å². The highest BCUT2D eigenvalue weighted by atomic mass is 79.9. The Balaban J connectivity index is 2.70. The first-order chi connectivity index (χ1) is 8.85. The van der Waals surface area contributed by atoms with Crippen molar-refractivity contribution in [3.05, 3.63) is 22.2 Å². The predicted octanol–water partition coefficient (Wildman–Crippen LogP) is 3.51. The van der Waals surface area contributed by atoms with Crippen molar-refractivity contribution in [1.82, 2.24) is 5.32 Å². The van der Waals surface area contributed by atoms with E-state index in [4.69, 9.17) is 23.2 Å². The molecule has 104 valence electrons. The zero-order valence-electron chi connectivity index (χ0n) is 9.21. The lowest BCUT2D eigenvalue weighted by molar-refractivity contribution is -0.118. The molecule has 0 aromatic heterocycles. The van der Waals surface area contributed by atoms with Gasteiger partial charge >= 0.3 is 6.03 Å². The van der Waals surface area contributed by atoms with Crippen LogP contribution < -0.4 is 10.6 Å². The first kappa shape index (κ1) is 16.6. The van der Waals surface area contributed by atoms with Crippen LogP contribution in [0.2, 0.25) is 10.0 Å². The molecule has 1 unspecified atom stereocenters. The molecule has 1 rings (SSSR count). The van der Waals surface area contributed by atoms with Gasteiger partial charge in [0, 0.05) is 11.0 Å². The highest BCUT2D eigenvalue weighted by Gasteiger charge is 2.16. The number of urea groups is 1. The molecule has 19 heavy (non-hydrogen) atoms. The summed E-state index contributed by atoms with van der Waals surface area (Å²) in [6.45, 7) is 0. The molecule has 1 atom stereocenters. The maximum absolute atomic E-state index is 11.5. The van der Waals surface area contributed by atoms with Crippen molar-refractivity contribution in [3.8, 4) is 5.75 Å². The molecule has 0 aliphatic carbocycles. The second kappa shape index (κ2) is 7.33. The van der Waals surface area contributed by atoms with Gasteiger partial charge in [0.1, 0.15) is 4.83 Å². The minimum atomic E-state index is -0.728. The van der Waals surface area contributed by atoms with Gasteiger partial charge in [-0.3, -0.25) is 10.1 Å². The fourth-order valence-corrected chi connectivity index (χ4v) is 1.96. The number of carbonyl (C=O) groups excluding carboxylic acids is 2. The molecule has 0 aliphatic rings. The van der Waals surface area contributed by atoms with E-state index in [1.165, 1.54) is 12.1 Å². The Kier molecular flexibility index (Phi) is 6.38. The van der Waals surface area contributed by atoms with Gasteiger partial charge in [-0.05, 0) is 12.1 Å². The van der Waals surface area contributed by atoms with Gasteiger partial charge in [-0.1, -0.05) is 55.1 Å². The van der Waals surface area contributed by atoms with Crippen LogP contribution in [-0.2, 0) is 4.79 Å². The fraction of sp³-hybridized carbons (Fsp3) is 0.200. The van der Waals surface area contributed by atoms with Gasteiger partial charge in [0.05, 0.1) is 10.0 Å². The largest absolute Gasteiger partial charge is 0.505 e. The highest BCUT2D eigenvalue weighted by Crippen LogP contribution is 2.34. The lowest BCUT2D eigenvalue weighted by Crippen LogP contribution is -2.39. The molecular formula is C10H8Br2Cl2N2O3. The zero-order chi connectivity index (χ0) is 14.6. The molecule has 3 N–H and O–H groups in total. The van der Waals surface area contributed by atoms with Crippen molar-refractivity contribution < 1.29 is 14.7 Å². The van der Waals surface area contributed by atoms with Crippen molar-refractivity contribution in [2.24, 2.45) is 0 Å². The van der Waals surface area contributed by atoms with Gasteiger partial charge in [-0.2, -0.15) is 0 Å². The Bertz CT molecular complexity index is 491. The molecular weight excluding hydrogens is 427 g/mol. The molecule has 0 heterocycles. The van der Waals surface area contributed by atoms with E-state index in [9.17, 15) is 14.7 Å². The van der Waals surface area contributed by atoms with Crippen molar-refractivity contribution in [1.29, 1.82) is 0 Å². The summed E-state index contributed by atoms with van der Waals surface area (Å²) < 4.78 is 0. The average molecular weight is 435 g/mol. The summed E-state index contributed by atoms with van der Waals surface area (Å²) in [6.07, 6.45) is 0. The van der Waals surface area contributed by atoms with Crippen LogP contribution in [0, 0.1) is 0 Å². The van der Waals surface area contributed by atoms with Gasteiger partial charge in [0.25, 0.3) is 0 Å². The molecule has 3 amide bonds. The van der Waals surface area contributed by atoms with Crippen LogP contribution in [0.15, 0.2) is 12.1 Å². The first-order valence-electron chi connectivity index (χ1n) is 4.85. The summed E-state index contributed by atoms with van der Waals surface area (Å²) >= 11 is 17.6. The first-order valence-corrected chi connectivity index (χ1v) is 7.64. The maximum Gasteiger partial charge on any atom is 0.325 e. The van der Waals surface area contributed by atoms with Crippen LogP contribution >= 0.6 is 55.1 Å². The summed E-state index contributed by atoms with van der Waals surface area (Å²) in [5.41, 5.74) is 0.253. The number of benzene rings is 1. The normalized spacial score (nSPS) is 11.8. The van der Waals surface area contributed by atoms with Crippen LogP contribution in [0.5, 0.6) is 5.75 Å². The van der Waals surface area contributed by atoms with Gasteiger partial charge < -0.3 is 10.4 Å². The Hall–Kier alpha value is -0.500. The number of aromatic hydroxyl groups is 1. The number of alkyl halides is 2. The molecule has 1 aromatic rings. The van der Waals surface area contributed by atoms with Crippen molar-refractivity contribution >= 4 is 72.7 Å². The number of phenolic OH excluding ortho intramolecular Hbond substituents is 1. The average Bonchev–Trinajstić information content (AvgIpc) is 2.34. The number of phenols is 1. The summed E-state index contributed by atoms with van der Waals surface area (Å²) in [6, 6.07) is 1.89. The van der Waals surface area contributed by atoms with Crippen molar-refractivity contribution in [3.63, 3.8) is 0 Å². The Morgan fingerprint density at radius 3 is 2.32 bits per heavy atom. The molecule has 1 aromatic carbocycles. The highest BCUT2D eigenvalue weighted by molar-refractivity contribution is 9.12. The van der Waals surface area contributed by atoms with Gasteiger partial charge in [-0.25, -0.2) is 4.79 Å². The standard InChI is InChI=1S/C10H8Br2Cl2N2O3/c11-3-5(12)9(18)16-10(19)15-4-1-6(13)8(17)7(14)2-4/h1-2,5,17H,3H2,(H2,15,16,18,19). The molecule has 0 fully saturated rings. The second-order valence-corrected chi connectivity index (χ2v) is 5.92. The number of halogens is 4. The number of amides is 3. The monoisotopic (exact) mass is 432 g/mol. The molecule has 0 saturated carbocycles. The van der Waals surface area contributed by atoms with E-state index in [2.05, 4.69) is 42.5 Å². The summed E-state index contributed by atoms with van der Waals surface area (Å²) in [4.78, 5) is 22.4. The zero-order valence-corrected chi connectivity index (χ0v) is 13.9. The van der Waals surface area contributed by atoms with E-state index in [0.29, 0.717) is 5.33 Å². The third-order valence-corrected chi connectivity index (χ3v) is 4.76. The van der Waals surface area contributed by atoms with E-state index in [1.54, 1.807) is 0 Å². The fourth-order valence-electron chi connectivity index (χ4n) is 1.06. The van der Waals surface area contributed by atoms with E-state index >= 15 is 0 Å². The molecule has 9 heteroatoms. The SMILES string of the molecule is O=C(NC(=O)C(Br)CBr)Nc1cc(Cl)c(O)c(Cl)c1. The van der Waals surface area contributed by atoms with Crippen molar-refractivity contribution in [2.45, 2.75) is 4.83 Å². The number of rotatable bonds is 3. The smallest absolute Gasteiger partial charge is 0.325 e. The Morgan fingerprint density at radius 2 is 1.84 bits per heavy atom. The van der Waals surface area contributed by atoms with Crippen LogP contribution in [0.4, 0.5) is 10.5 Å². The molecule has 0 aliphatic heterocycles. The van der Waals surface area contributed by atoms with Crippen molar-refractivity contribution in [2.75, 3.05) is 10.6 Å². The Labute approximate surface area is 135 Å². The lowest BCUT2D eigenvalue weighted by Gasteiger charge is -2.10. The number of hydrogen-bond donors (Lipinski definition) is 3. The van der Waals surface area contributed by atoms with E-state index in [1.807, 2.05) is 0 Å². The number of anilines is 1. The summed E-state index contributed by atoms with van der Waals surface area (Å²) in [5.74, 6) is -0.768. The number of nitrogens with one attached hydrogen (secondary N) is 2. The number of hydrogen-bond acceptors (Lipinski definition) is 3. The molecule has 0 radical (unpaired) electrons. The number of imide groups is 1. The minimum absolute atomic E-state index is 0.00653. The minimum Gasteiger partial charge on any atom is -0.505 e. The van der Waals surface area contributed by atoms with Gasteiger partial charge in [-0.15, -0.1) is 0 Å². The molecule has 5 nitrogen and oxygen atoms in total. The van der Waals surface area contributed by atoms with E-state index in [-0.39, 0.29) is 21.5 Å². The van der Waals surface area contributed by atoms with E-state index < -0.39 is 16.8 Å². The summed E-state index contributed by atoms with van der Waals surface area (Å²) in [7, 11) is 0. The lowest BCUT2D eigenvalue weighted by atomic mass is 10.3. The Morgan fingerprint density at radius 1 is 1.32 bits per heavy atom. The van der Waals surface area contributed by atoms with Crippen LogP contribution in [0.3, 0.4) is 0 Å². The summed E-state index contributed by atoms with van der Waals surface area (Å²) in [5, 5.41) is 14.2. The molecule has 0 bridgehead atoms. The molecule has 0 saturated heterocycles. The third kappa shape index (κ3) is 4.83. The third-order valence-electron chi connectivity index (χ3n) is 1.93. The van der Waals surface area contributed by atoms with Crippen LogP contribution in [-0.4, -0.2) is 27.2 Å². The van der Waals surface area contributed by atoms with Crippen LogP contribution in [0.25, 0.3) is 0 Å². The second-order valence-electron chi connectivity index (χ2n) is 3.35. The molecule has 0 spiro atoms. The van der Waals surface area contributed by atoms with E-state index in [0.717, 1.165) is 0 Å². The predicted molar refractivity (Wildman–Crippen MR) is 81.8 cm³/mol. The topological polar surface area (TPSA) is 78.4 Å². The maximum atomic E-state index is 11.5. The van der Waals surface area contributed by atoms with Gasteiger partial charge in [0.15, 0.2) is 5.75 Å². The number of carbonyl (C=O) groups is 2. The quantitative estimate of drug-likeness (QED) is 0.503.